The van der Waals surface area contributed by atoms with Crippen molar-refractivity contribution in [3.63, 3.8) is 0 Å². The summed E-state index contributed by atoms with van der Waals surface area (Å²) in [7, 11) is 0. The molecule has 6 nitrogen and oxygen atoms in total. The number of furan rings is 1. The largest absolute Gasteiger partial charge is 0.469 e. The first-order chi connectivity index (χ1) is 16.4. The van der Waals surface area contributed by atoms with Crippen molar-refractivity contribution < 1.29 is 18.4 Å². The molecule has 34 heavy (non-hydrogen) atoms. The van der Waals surface area contributed by atoms with Crippen LogP contribution in [0, 0.1) is 12.7 Å². The van der Waals surface area contributed by atoms with E-state index < -0.39 is 11.7 Å². The molecule has 2 atom stereocenters. The molecule has 1 aliphatic carbocycles. The van der Waals surface area contributed by atoms with Crippen LogP contribution in [0.5, 0.6) is 0 Å². The van der Waals surface area contributed by atoms with E-state index in [0.29, 0.717) is 34.6 Å². The molecule has 0 radical (unpaired) electrons. The zero-order chi connectivity index (χ0) is 23.8. The Morgan fingerprint density at radius 3 is 2.68 bits per heavy atom. The van der Waals surface area contributed by atoms with E-state index in [1.807, 2.05) is 25.1 Å². The number of hydrogen-bond donors (Lipinski definition) is 2. The van der Waals surface area contributed by atoms with Crippen molar-refractivity contribution in [1.82, 2.24) is 10.3 Å². The number of ketones is 1. The molecule has 2 aliphatic rings. The number of nitrogens with zero attached hydrogens (tertiary/aromatic N) is 1. The molecule has 0 bridgehead atoms. The summed E-state index contributed by atoms with van der Waals surface area (Å²) < 4.78 is 19.8. The van der Waals surface area contributed by atoms with Gasteiger partial charge in [0, 0.05) is 46.5 Å². The van der Waals surface area contributed by atoms with Crippen LogP contribution in [0.4, 0.5) is 10.2 Å². The van der Waals surface area contributed by atoms with E-state index in [1.54, 1.807) is 37.5 Å². The minimum absolute atomic E-state index is 0.0871. The van der Waals surface area contributed by atoms with Crippen LogP contribution in [-0.2, 0) is 9.59 Å². The Balaban J connectivity index is 1.57. The summed E-state index contributed by atoms with van der Waals surface area (Å²) in [5, 5.41) is 6.15. The lowest BCUT2D eigenvalue weighted by Gasteiger charge is -2.36. The van der Waals surface area contributed by atoms with Crippen LogP contribution in [0.3, 0.4) is 0 Å². The molecule has 0 fully saturated rings. The van der Waals surface area contributed by atoms with Gasteiger partial charge < -0.3 is 15.1 Å². The molecule has 2 N–H and O–H groups in total. The zero-order valence-corrected chi connectivity index (χ0v) is 18.9. The number of nitrogens with one attached hydrogen (secondary N) is 2. The Labute approximate surface area is 196 Å². The first kappa shape index (κ1) is 21.8. The van der Waals surface area contributed by atoms with Gasteiger partial charge in [-0.05, 0) is 62.2 Å². The number of dihydropyridines is 1. The Bertz CT molecular complexity index is 1340. The predicted molar refractivity (Wildman–Crippen MR) is 125 cm³/mol. The van der Waals surface area contributed by atoms with Crippen LogP contribution in [-0.4, -0.2) is 16.7 Å². The molecule has 3 aromatic rings. The van der Waals surface area contributed by atoms with Gasteiger partial charge in [-0.15, -0.1) is 0 Å². The second-order valence-corrected chi connectivity index (χ2v) is 8.71. The molecule has 1 aromatic carbocycles. The lowest BCUT2D eigenvalue weighted by atomic mass is 9.72. The highest BCUT2D eigenvalue weighted by Crippen LogP contribution is 2.45. The molecule has 2 aromatic heterocycles. The summed E-state index contributed by atoms with van der Waals surface area (Å²) in [6.45, 7) is 3.64. The second kappa shape index (κ2) is 8.74. The zero-order valence-electron chi connectivity index (χ0n) is 18.9. The Morgan fingerprint density at radius 1 is 1.12 bits per heavy atom. The molecule has 0 saturated heterocycles. The smallest absolute Gasteiger partial charge is 0.255 e. The van der Waals surface area contributed by atoms with Crippen molar-refractivity contribution in [3.05, 3.63) is 106 Å². The van der Waals surface area contributed by atoms with E-state index in [9.17, 15) is 14.0 Å². The van der Waals surface area contributed by atoms with E-state index in [4.69, 9.17) is 4.42 Å². The summed E-state index contributed by atoms with van der Waals surface area (Å²) in [5.41, 5.74) is 3.56. The third-order valence-electron chi connectivity index (χ3n) is 6.33. The van der Waals surface area contributed by atoms with Crippen molar-refractivity contribution in [2.75, 3.05) is 5.32 Å². The highest BCUT2D eigenvalue weighted by Gasteiger charge is 2.41. The van der Waals surface area contributed by atoms with Crippen molar-refractivity contribution in [2.45, 2.75) is 38.5 Å². The third-order valence-corrected chi connectivity index (χ3v) is 6.33. The van der Waals surface area contributed by atoms with Crippen LogP contribution in [0.15, 0.2) is 87.8 Å². The van der Waals surface area contributed by atoms with Gasteiger partial charge >= 0.3 is 0 Å². The number of aryl methyl sites for hydroxylation is 1. The monoisotopic (exact) mass is 457 g/mol. The Morgan fingerprint density at radius 2 is 1.94 bits per heavy atom. The van der Waals surface area contributed by atoms with Gasteiger partial charge in [-0.1, -0.05) is 18.2 Å². The van der Waals surface area contributed by atoms with E-state index in [1.165, 1.54) is 12.1 Å². The summed E-state index contributed by atoms with van der Waals surface area (Å²) in [6.07, 6.45) is 2.42. The lowest BCUT2D eigenvalue weighted by Crippen LogP contribution is -2.37. The normalized spacial score (nSPS) is 20.1. The number of benzene rings is 1. The fourth-order valence-electron chi connectivity index (χ4n) is 4.88. The molecule has 7 heteroatoms. The van der Waals surface area contributed by atoms with Crippen LogP contribution < -0.4 is 10.6 Å². The minimum atomic E-state index is -0.693. The number of carbonyl (C=O) groups is 2. The van der Waals surface area contributed by atoms with Crippen LogP contribution in [0.1, 0.15) is 48.6 Å². The highest BCUT2D eigenvalue weighted by atomic mass is 19.1. The average molecular weight is 458 g/mol. The summed E-state index contributed by atoms with van der Waals surface area (Å²) in [5.74, 6) is -0.521. The number of amides is 1. The van der Waals surface area contributed by atoms with Crippen molar-refractivity contribution in [1.29, 1.82) is 0 Å². The maximum absolute atomic E-state index is 14.3. The van der Waals surface area contributed by atoms with Gasteiger partial charge in [-0.25, -0.2) is 9.37 Å². The van der Waals surface area contributed by atoms with Gasteiger partial charge in [0.15, 0.2) is 5.78 Å². The highest BCUT2D eigenvalue weighted by molar-refractivity contribution is 6.09. The number of Topliss-reactive ketones (excluding diaryl/α,β-unsaturated/α-hetero) is 1. The Hall–Kier alpha value is -4.00. The molecule has 172 valence electrons. The van der Waals surface area contributed by atoms with Crippen LogP contribution >= 0.6 is 0 Å². The number of halogens is 1. The van der Waals surface area contributed by atoms with Gasteiger partial charge in [0.05, 0.1) is 6.26 Å². The van der Waals surface area contributed by atoms with Crippen molar-refractivity contribution in [3.8, 4) is 0 Å². The molecule has 5 rings (SSSR count). The predicted octanol–water partition coefficient (Wildman–Crippen LogP) is 5.12. The fraction of sp³-hybridized carbons (Fsp3) is 0.222. The minimum Gasteiger partial charge on any atom is -0.469 e. The van der Waals surface area contributed by atoms with Crippen molar-refractivity contribution >= 4 is 17.5 Å². The van der Waals surface area contributed by atoms with Gasteiger partial charge in [0.25, 0.3) is 5.91 Å². The average Bonchev–Trinajstić information content (AvgIpc) is 3.33. The maximum Gasteiger partial charge on any atom is 0.255 e. The third kappa shape index (κ3) is 4.05. The van der Waals surface area contributed by atoms with E-state index >= 15 is 0 Å². The number of aromatic nitrogens is 1. The van der Waals surface area contributed by atoms with E-state index in [2.05, 4.69) is 15.6 Å². The SMILES string of the molecule is CC1=C(C(=O)Nc2cccc(C)n2)[C@H](c2cccc(F)c2)C2=C(C[C@H](c3ccco3)CC2=O)N1. The van der Waals surface area contributed by atoms with Gasteiger partial charge in [0.1, 0.15) is 17.4 Å². The summed E-state index contributed by atoms with van der Waals surface area (Å²) >= 11 is 0. The van der Waals surface area contributed by atoms with Gasteiger partial charge in [-0.2, -0.15) is 0 Å². The van der Waals surface area contributed by atoms with E-state index in [-0.39, 0.29) is 24.0 Å². The summed E-state index contributed by atoms with van der Waals surface area (Å²) in [4.78, 5) is 31.3. The van der Waals surface area contributed by atoms with Crippen molar-refractivity contribution in [2.24, 2.45) is 0 Å². The molecule has 1 aliphatic heterocycles. The Kier molecular flexibility index (Phi) is 5.61. The topological polar surface area (TPSA) is 84.2 Å². The lowest BCUT2D eigenvalue weighted by molar-refractivity contribution is -0.116. The quantitative estimate of drug-likeness (QED) is 0.568. The fourth-order valence-corrected chi connectivity index (χ4v) is 4.88. The van der Waals surface area contributed by atoms with Gasteiger partial charge in [0.2, 0.25) is 0 Å². The number of rotatable bonds is 4. The standard InChI is InChI=1S/C27H24FN3O3/c1-15-6-3-10-23(29-15)31-27(33)24-16(2)30-20-13-18(22-9-5-11-34-22)14-21(32)26(20)25(24)17-7-4-8-19(28)12-17/h3-12,18,25,30H,13-14H2,1-2H3,(H,29,31,33)/t18-,25-/m0/s1. The molecule has 3 heterocycles. The van der Waals surface area contributed by atoms with Crippen LogP contribution in [0.2, 0.25) is 0 Å². The van der Waals surface area contributed by atoms with Crippen LogP contribution in [0.25, 0.3) is 0 Å². The van der Waals surface area contributed by atoms with Gasteiger partial charge in [-0.3, -0.25) is 9.59 Å². The molecule has 1 amide bonds. The maximum atomic E-state index is 14.3. The molecule has 0 spiro atoms. The second-order valence-electron chi connectivity index (χ2n) is 8.71. The number of allylic oxidation sites excluding steroid dienone is 3. The number of anilines is 1. The number of carbonyl (C=O) groups excluding carboxylic acids is 2. The van der Waals surface area contributed by atoms with E-state index in [0.717, 1.165) is 17.2 Å². The molecule has 0 unspecified atom stereocenters. The number of pyridine rings is 1. The first-order valence-corrected chi connectivity index (χ1v) is 11.2. The number of hydrogen-bond acceptors (Lipinski definition) is 5. The molecular formula is C27H24FN3O3. The summed E-state index contributed by atoms with van der Waals surface area (Å²) in [6, 6.07) is 15.1. The molecule has 0 saturated carbocycles. The first-order valence-electron chi connectivity index (χ1n) is 11.2. The molecular weight excluding hydrogens is 433 g/mol.